The third kappa shape index (κ3) is 3.20. The van der Waals surface area contributed by atoms with Gasteiger partial charge in [-0.25, -0.2) is 0 Å². The fourth-order valence-electron chi connectivity index (χ4n) is 2.07. The van der Waals surface area contributed by atoms with E-state index in [1.54, 1.807) is 11.9 Å². The molecule has 0 aromatic heterocycles. The van der Waals surface area contributed by atoms with Gasteiger partial charge in [-0.1, -0.05) is 0 Å². The molecule has 5 heteroatoms. The van der Waals surface area contributed by atoms with E-state index in [1.165, 1.54) is 0 Å². The van der Waals surface area contributed by atoms with Crippen LogP contribution in [0.5, 0.6) is 0 Å². The summed E-state index contributed by atoms with van der Waals surface area (Å²) in [4.78, 5) is 25.1. The summed E-state index contributed by atoms with van der Waals surface area (Å²) in [7, 11) is 1.61. The molecule has 1 atom stereocenters. The van der Waals surface area contributed by atoms with E-state index >= 15 is 0 Å². The zero-order valence-electron chi connectivity index (χ0n) is 9.87. The molecular weight excluding hydrogens is 206 g/mol. The first-order chi connectivity index (χ1) is 7.70. The predicted molar refractivity (Wildman–Crippen MR) is 61.7 cm³/mol. The largest absolute Gasteiger partial charge is 0.357 e. The van der Waals surface area contributed by atoms with Crippen molar-refractivity contribution in [2.75, 3.05) is 20.1 Å². The van der Waals surface area contributed by atoms with E-state index in [0.717, 1.165) is 25.7 Å². The molecule has 0 radical (unpaired) electrons. The highest BCUT2D eigenvalue weighted by molar-refractivity contribution is 5.88. The minimum Gasteiger partial charge on any atom is -0.357 e. The summed E-state index contributed by atoms with van der Waals surface area (Å²) in [6.45, 7) is 1.33. The zero-order valence-corrected chi connectivity index (χ0v) is 9.87. The summed E-state index contributed by atoms with van der Waals surface area (Å²) in [6, 6.07) is -0.254. The maximum Gasteiger partial charge on any atom is 0.242 e. The van der Waals surface area contributed by atoms with E-state index in [1.807, 2.05) is 0 Å². The summed E-state index contributed by atoms with van der Waals surface area (Å²) in [6.07, 6.45) is 3.88. The maximum absolute atomic E-state index is 11.9. The number of nitrogens with one attached hydrogen (secondary N) is 1. The van der Waals surface area contributed by atoms with E-state index in [0.29, 0.717) is 19.5 Å². The number of hydrogen-bond donors (Lipinski definition) is 2. The van der Waals surface area contributed by atoms with Crippen LogP contribution in [0, 0.1) is 0 Å². The molecule has 0 spiro atoms. The molecule has 1 unspecified atom stereocenters. The average Bonchev–Trinajstić information content (AvgIpc) is 2.77. The number of hydrogen-bond acceptors (Lipinski definition) is 3. The second-order valence-corrected chi connectivity index (χ2v) is 4.11. The molecule has 0 aromatic rings. The zero-order chi connectivity index (χ0) is 12.0. The minimum atomic E-state index is -0.254. The first-order valence-electron chi connectivity index (χ1n) is 5.92. The van der Waals surface area contributed by atoms with Crippen molar-refractivity contribution >= 4 is 11.8 Å². The normalized spacial score (nSPS) is 19.9. The molecule has 0 aliphatic carbocycles. The van der Waals surface area contributed by atoms with Crippen molar-refractivity contribution in [3.8, 4) is 0 Å². The number of likely N-dealkylation sites (tertiary alicyclic amines) is 1. The molecular formula is C11H21N3O2. The van der Waals surface area contributed by atoms with Gasteiger partial charge in [0.05, 0.1) is 0 Å². The average molecular weight is 227 g/mol. The van der Waals surface area contributed by atoms with Crippen LogP contribution in [0.2, 0.25) is 0 Å². The van der Waals surface area contributed by atoms with Crippen LogP contribution in [0.25, 0.3) is 0 Å². The Labute approximate surface area is 96.4 Å². The van der Waals surface area contributed by atoms with Crippen LogP contribution in [0.1, 0.15) is 32.1 Å². The third-order valence-corrected chi connectivity index (χ3v) is 2.97. The molecule has 1 aliphatic heterocycles. The number of nitrogens with two attached hydrogens (primary N) is 1. The summed E-state index contributed by atoms with van der Waals surface area (Å²) in [5.41, 5.74) is 5.38. The number of likely N-dealkylation sites (N-methyl/N-ethyl adjacent to an activating group) is 1. The number of unbranched alkanes of at least 4 members (excludes halogenated alkanes) is 1. The molecule has 1 heterocycles. The van der Waals surface area contributed by atoms with E-state index in [9.17, 15) is 9.59 Å². The van der Waals surface area contributed by atoms with E-state index in [-0.39, 0.29) is 17.9 Å². The van der Waals surface area contributed by atoms with Gasteiger partial charge in [-0.2, -0.15) is 0 Å². The van der Waals surface area contributed by atoms with Crippen molar-refractivity contribution in [3.05, 3.63) is 0 Å². The van der Waals surface area contributed by atoms with E-state index in [4.69, 9.17) is 5.73 Å². The lowest BCUT2D eigenvalue weighted by atomic mass is 10.2. The maximum atomic E-state index is 11.9. The molecule has 5 nitrogen and oxygen atoms in total. The van der Waals surface area contributed by atoms with Crippen molar-refractivity contribution in [1.82, 2.24) is 10.2 Å². The van der Waals surface area contributed by atoms with Gasteiger partial charge < -0.3 is 16.0 Å². The van der Waals surface area contributed by atoms with Gasteiger partial charge in [0.2, 0.25) is 11.8 Å². The molecule has 16 heavy (non-hydrogen) atoms. The molecule has 1 aliphatic rings. The second-order valence-electron chi connectivity index (χ2n) is 4.11. The van der Waals surface area contributed by atoms with Crippen molar-refractivity contribution in [2.24, 2.45) is 5.73 Å². The Balaban J connectivity index is 2.44. The first kappa shape index (κ1) is 13.0. The molecule has 1 fully saturated rings. The van der Waals surface area contributed by atoms with Crippen LogP contribution in [-0.4, -0.2) is 42.9 Å². The molecule has 3 N–H and O–H groups in total. The second kappa shape index (κ2) is 6.48. The van der Waals surface area contributed by atoms with Gasteiger partial charge >= 0.3 is 0 Å². The van der Waals surface area contributed by atoms with Gasteiger partial charge in [0.25, 0.3) is 0 Å². The SMILES string of the molecule is CNC(=O)C1CCCN1C(=O)CCCCN. The monoisotopic (exact) mass is 227 g/mol. The standard InChI is InChI=1S/C11H21N3O2/c1-13-11(16)9-5-4-8-14(9)10(15)6-2-3-7-12/h9H,2-8,12H2,1H3,(H,13,16). The molecule has 2 amide bonds. The van der Waals surface area contributed by atoms with Crippen LogP contribution in [0.4, 0.5) is 0 Å². The number of nitrogens with zero attached hydrogens (tertiary/aromatic N) is 1. The van der Waals surface area contributed by atoms with E-state index in [2.05, 4.69) is 5.32 Å². The topological polar surface area (TPSA) is 75.4 Å². The Morgan fingerprint density at radius 3 is 2.81 bits per heavy atom. The number of carbonyl (C=O) groups excluding carboxylic acids is 2. The minimum absolute atomic E-state index is 0.0512. The number of amides is 2. The Bertz CT molecular complexity index is 256. The Hall–Kier alpha value is -1.10. The molecule has 0 saturated carbocycles. The van der Waals surface area contributed by atoms with Gasteiger partial charge in [0.1, 0.15) is 6.04 Å². The molecule has 1 rings (SSSR count). The van der Waals surface area contributed by atoms with Gasteiger partial charge in [-0.3, -0.25) is 9.59 Å². The molecule has 0 aromatic carbocycles. The Morgan fingerprint density at radius 2 is 2.19 bits per heavy atom. The van der Waals surface area contributed by atoms with Crippen molar-refractivity contribution in [2.45, 2.75) is 38.1 Å². The number of carbonyl (C=O) groups is 2. The van der Waals surface area contributed by atoms with Crippen LogP contribution >= 0.6 is 0 Å². The lowest BCUT2D eigenvalue weighted by molar-refractivity contribution is -0.138. The first-order valence-corrected chi connectivity index (χ1v) is 5.92. The fraction of sp³-hybridized carbons (Fsp3) is 0.818. The summed E-state index contributed by atoms with van der Waals surface area (Å²) >= 11 is 0. The Morgan fingerprint density at radius 1 is 1.44 bits per heavy atom. The fourth-order valence-corrected chi connectivity index (χ4v) is 2.07. The van der Waals surface area contributed by atoms with Crippen LogP contribution in [-0.2, 0) is 9.59 Å². The summed E-state index contributed by atoms with van der Waals surface area (Å²) < 4.78 is 0. The van der Waals surface area contributed by atoms with E-state index < -0.39 is 0 Å². The van der Waals surface area contributed by atoms with Crippen LogP contribution in [0.15, 0.2) is 0 Å². The quantitative estimate of drug-likeness (QED) is 0.641. The highest BCUT2D eigenvalue weighted by atomic mass is 16.2. The third-order valence-electron chi connectivity index (χ3n) is 2.97. The molecule has 0 bridgehead atoms. The highest BCUT2D eigenvalue weighted by Crippen LogP contribution is 2.18. The predicted octanol–water partition coefficient (Wildman–Crippen LogP) is -0.148. The van der Waals surface area contributed by atoms with Crippen molar-refractivity contribution in [3.63, 3.8) is 0 Å². The summed E-state index contributed by atoms with van der Waals surface area (Å²) in [5, 5.41) is 2.61. The van der Waals surface area contributed by atoms with Gasteiger partial charge in [-0.15, -0.1) is 0 Å². The van der Waals surface area contributed by atoms with Crippen molar-refractivity contribution < 1.29 is 9.59 Å². The summed E-state index contributed by atoms with van der Waals surface area (Å²) in [5.74, 6) is 0.0317. The smallest absolute Gasteiger partial charge is 0.242 e. The van der Waals surface area contributed by atoms with Gasteiger partial charge in [0.15, 0.2) is 0 Å². The number of rotatable bonds is 5. The van der Waals surface area contributed by atoms with Gasteiger partial charge in [-0.05, 0) is 32.2 Å². The lowest BCUT2D eigenvalue weighted by Crippen LogP contribution is -2.44. The van der Waals surface area contributed by atoms with Crippen molar-refractivity contribution in [1.29, 1.82) is 0 Å². The Kier molecular flexibility index (Phi) is 5.25. The van der Waals surface area contributed by atoms with Crippen LogP contribution in [0.3, 0.4) is 0 Å². The molecule has 92 valence electrons. The lowest BCUT2D eigenvalue weighted by Gasteiger charge is -2.23. The highest BCUT2D eigenvalue weighted by Gasteiger charge is 2.32. The van der Waals surface area contributed by atoms with Gasteiger partial charge in [0, 0.05) is 20.0 Å². The molecule has 1 saturated heterocycles. The van der Waals surface area contributed by atoms with Crippen LogP contribution < -0.4 is 11.1 Å².